The van der Waals surface area contributed by atoms with Crippen LogP contribution in [0, 0.1) is 0 Å². The van der Waals surface area contributed by atoms with Crippen molar-refractivity contribution < 1.29 is 9.84 Å². The first kappa shape index (κ1) is 28.4. The van der Waals surface area contributed by atoms with Crippen molar-refractivity contribution in [1.29, 1.82) is 0 Å². The van der Waals surface area contributed by atoms with Gasteiger partial charge in [0.15, 0.2) is 0 Å². The number of anilines is 8. The van der Waals surface area contributed by atoms with Crippen LogP contribution in [0.15, 0.2) is 146 Å². The van der Waals surface area contributed by atoms with Gasteiger partial charge in [-0.3, -0.25) is 0 Å². The van der Waals surface area contributed by atoms with E-state index in [0.717, 1.165) is 62.3 Å². The molecule has 44 heavy (non-hydrogen) atoms. The van der Waals surface area contributed by atoms with E-state index in [9.17, 15) is 5.11 Å². The highest BCUT2D eigenvalue weighted by Gasteiger charge is 2.15. The van der Waals surface area contributed by atoms with Crippen LogP contribution in [0.25, 0.3) is 11.1 Å². The quantitative estimate of drug-likeness (QED) is 0.148. The number of aliphatic hydroxyl groups excluding tert-OH is 1. The van der Waals surface area contributed by atoms with E-state index in [0.29, 0.717) is 5.69 Å². The van der Waals surface area contributed by atoms with Crippen LogP contribution in [0.2, 0.25) is 0 Å². The predicted octanol–water partition coefficient (Wildman–Crippen LogP) is 8.96. The standard InChI is InChI=1S/C38H34N4O2/c1-44-38-24-22-37(23-25-38)42(36-20-10-31(40)11-21-36)34-16-6-29(7-17-34)28-4-14-33(15-5-28)41(35-18-8-30(39)9-19-35)32-12-2-27(26-43)3-13-32/h2-25,43H,26,39-40H2,1H3. The Labute approximate surface area is 258 Å². The first-order chi connectivity index (χ1) is 21.5. The maximum atomic E-state index is 9.52. The van der Waals surface area contributed by atoms with Crippen LogP contribution in [-0.4, -0.2) is 12.2 Å². The topological polar surface area (TPSA) is 88.0 Å². The number of aliphatic hydroxyl groups is 1. The zero-order chi connectivity index (χ0) is 30.5. The molecule has 5 N–H and O–H groups in total. The summed E-state index contributed by atoms with van der Waals surface area (Å²) in [6.07, 6.45) is 0. The number of nitrogens with two attached hydrogens (primary N) is 2. The molecule has 218 valence electrons. The molecule has 0 fully saturated rings. The number of nitrogens with zero attached hydrogens (tertiary/aromatic N) is 2. The van der Waals surface area contributed by atoms with Gasteiger partial charge in [0.1, 0.15) is 5.75 Å². The van der Waals surface area contributed by atoms with Crippen LogP contribution < -0.4 is 26.0 Å². The maximum Gasteiger partial charge on any atom is 0.119 e. The highest BCUT2D eigenvalue weighted by Crippen LogP contribution is 2.38. The second-order valence-electron chi connectivity index (χ2n) is 10.5. The van der Waals surface area contributed by atoms with Gasteiger partial charge < -0.3 is 31.1 Å². The van der Waals surface area contributed by atoms with Gasteiger partial charge in [0.2, 0.25) is 0 Å². The van der Waals surface area contributed by atoms with Gasteiger partial charge in [0.05, 0.1) is 13.7 Å². The fourth-order valence-corrected chi connectivity index (χ4v) is 5.23. The number of hydrogen-bond donors (Lipinski definition) is 3. The average Bonchev–Trinajstić information content (AvgIpc) is 3.08. The molecule has 0 aliphatic heterocycles. The minimum Gasteiger partial charge on any atom is -0.497 e. The second kappa shape index (κ2) is 12.7. The lowest BCUT2D eigenvalue weighted by Crippen LogP contribution is -2.10. The van der Waals surface area contributed by atoms with Crippen molar-refractivity contribution in [2.75, 3.05) is 28.4 Å². The highest BCUT2D eigenvalue weighted by molar-refractivity contribution is 5.81. The molecule has 6 aromatic rings. The van der Waals surface area contributed by atoms with E-state index < -0.39 is 0 Å². The lowest BCUT2D eigenvalue weighted by atomic mass is 10.0. The van der Waals surface area contributed by atoms with Crippen LogP contribution in [0.3, 0.4) is 0 Å². The Kier molecular flexibility index (Phi) is 8.17. The van der Waals surface area contributed by atoms with Crippen LogP contribution in [0.5, 0.6) is 5.75 Å². The van der Waals surface area contributed by atoms with E-state index in [-0.39, 0.29) is 6.61 Å². The molecule has 6 rings (SSSR count). The molecule has 0 radical (unpaired) electrons. The Hall–Kier alpha value is -5.72. The summed E-state index contributed by atoms with van der Waals surface area (Å²) in [5.41, 5.74) is 22.5. The minimum atomic E-state index is 0.00741. The zero-order valence-electron chi connectivity index (χ0n) is 24.5. The summed E-state index contributed by atoms with van der Waals surface area (Å²) in [6, 6.07) is 48.7. The molecule has 0 spiro atoms. The van der Waals surface area contributed by atoms with E-state index >= 15 is 0 Å². The Morgan fingerprint density at radius 2 is 0.750 bits per heavy atom. The number of hydrogen-bond acceptors (Lipinski definition) is 6. The van der Waals surface area contributed by atoms with Gasteiger partial charge in [-0.15, -0.1) is 0 Å². The van der Waals surface area contributed by atoms with Crippen molar-refractivity contribution >= 4 is 45.5 Å². The summed E-state index contributed by atoms with van der Waals surface area (Å²) in [7, 11) is 1.67. The van der Waals surface area contributed by atoms with Crippen molar-refractivity contribution in [2.24, 2.45) is 0 Å². The van der Waals surface area contributed by atoms with Crippen LogP contribution in [0.4, 0.5) is 45.5 Å². The van der Waals surface area contributed by atoms with E-state index in [4.69, 9.17) is 16.2 Å². The molecule has 0 aliphatic carbocycles. The molecular weight excluding hydrogens is 544 g/mol. The first-order valence-electron chi connectivity index (χ1n) is 14.4. The maximum absolute atomic E-state index is 9.52. The summed E-state index contributed by atoms with van der Waals surface area (Å²) in [6.45, 7) is 0.00741. The summed E-state index contributed by atoms with van der Waals surface area (Å²) >= 11 is 0. The van der Waals surface area contributed by atoms with Crippen molar-refractivity contribution in [1.82, 2.24) is 0 Å². The van der Waals surface area contributed by atoms with E-state index in [1.807, 2.05) is 97.1 Å². The van der Waals surface area contributed by atoms with Crippen LogP contribution >= 0.6 is 0 Å². The van der Waals surface area contributed by atoms with Gasteiger partial charge in [-0.1, -0.05) is 36.4 Å². The Bertz CT molecular complexity index is 1660. The average molecular weight is 579 g/mol. The normalized spacial score (nSPS) is 10.8. The zero-order valence-corrected chi connectivity index (χ0v) is 24.5. The van der Waals surface area contributed by atoms with Gasteiger partial charge >= 0.3 is 0 Å². The van der Waals surface area contributed by atoms with Gasteiger partial charge in [-0.2, -0.15) is 0 Å². The molecule has 6 aromatic carbocycles. The van der Waals surface area contributed by atoms with E-state index in [1.54, 1.807) is 7.11 Å². The second-order valence-corrected chi connectivity index (χ2v) is 10.5. The molecule has 0 saturated carbocycles. The largest absolute Gasteiger partial charge is 0.497 e. The van der Waals surface area contributed by atoms with Crippen molar-refractivity contribution in [3.05, 3.63) is 151 Å². The molecule has 0 aromatic heterocycles. The Morgan fingerprint density at radius 1 is 0.455 bits per heavy atom. The van der Waals surface area contributed by atoms with Crippen LogP contribution in [0.1, 0.15) is 5.56 Å². The minimum absolute atomic E-state index is 0.00741. The van der Waals surface area contributed by atoms with Crippen molar-refractivity contribution in [2.45, 2.75) is 6.61 Å². The Balaban J connectivity index is 1.31. The molecular formula is C38H34N4O2. The summed E-state index contributed by atoms with van der Waals surface area (Å²) in [4.78, 5) is 4.37. The summed E-state index contributed by atoms with van der Waals surface area (Å²) in [5.74, 6) is 0.807. The first-order valence-corrected chi connectivity index (χ1v) is 14.4. The molecule has 0 saturated heterocycles. The van der Waals surface area contributed by atoms with E-state index in [1.165, 1.54) is 0 Å². The molecule has 0 atom stereocenters. The summed E-state index contributed by atoms with van der Waals surface area (Å²) < 4.78 is 5.38. The monoisotopic (exact) mass is 578 g/mol. The number of benzene rings is 6. The van der Waals surface area contributed by atoms with Gasteiger partial charge in [-0.25, -0.2) is 0 Å². The molecule has 0 bridgehead atoms. The summed E-state index contributed by atoms with van der Waals surface area (Å²) in [5, 5.41) is 9.52. The highest BCUT2D eigenvalue weighted by atomic mass is 16.5. The lowest BCUT2D eigenvalue weighted by Gasteiger charge is -2.26. The van der Waals surface area contributed by atoms with Crippen LogP contribution in [-0.2, 0) is 6.61 Å². The number of nitrogen functional groups attached to an aromatic ring is 2. The number of rotatable bonds is 9. The van der Waals surface area contributed by atoms with Crippen molar-refractivity contribution in [3.63, 3.8) is 0 Å². The molecule has 0 unspecified atom stereocenters. The molecule has 0 aliphatic rings. The number of methoxy groups -OCH3 is 1. The fourth-order valence-electron chi connectivity index (χ4n) is 5.23. The van der Waals surface area contributed by atoms with Crippen molar-refractivity contribution in [3.8, 4) is 16.9 Å². The van der Waals surface area contributed by atoms with Gasteiger partial charge in [0, 0.05) is 45.5 Å². The third kappa shape index (κ3) is 6.07. The predicted molar refractivity (Wildman–Crippen MR) is 183 cm³/mol. The molecule has 6 heteroatoms. The third-order valence-electron chi connectivity index (χ3n) is 7.59. The lowest BCUT2D eigenvalue weighted by molar-refractivity contribution is 0.282. The van der Waals surface area contributed by atoms with Gasteiger partial charge in [0.25, 0.3) is 0 Å². The smallest absolute Gasteiger partial charge is 0.119 e. The molecule has 0 amide bonds. The Morgan fingerprint density at radius 3 is 1.07 bits per heavy atom. The molecule has 6 nitrogen and oxygen atoms in total. The van der Waals surface area contributed by atoms with E-state index in [2.05, 4.69) is 58.3 Å². The number of ether oxygens (including phenoxy) is 1. The molecule has 0 heterocycles. The van der Waals surface area contributed by atoms with Gasteiger partial charge in [-0.05, 0) is 126 Å². The SMILES string of the molecule is COc1ccc(N(c2ccc(N)cc2)c2ccc(-c3ccc(N(c4ccc(N)cc4)c4ccc(CO)cc4)cc3)cc2)cc1. The third-order valence-corrected chi connectivity index (χ3v) is 7.59. The fraction of sp³-hybridized carbons (Fsp3) is 0.0526.